The van der Waals surface area contributed by atoms with Crippen molar-refractivity contribution in [3.8, 4) is 0 Å². The van der Waals surface area contributed by atoms with E-state index in [0.717, 1.165) is 11.1 Å². The minimum atomic E-state index is -0.284. The number of rotatable bonds is 6. The highest BCUT2D eigenvalue weighted by molar-refractivity contribution is 6.29. The molecule has 0 aliphatic rings. The van der Waals surface area contributed by atoms with Crippen molar-refractivity contribution >= 4 is 17.5 Å². The number of hydrogen-bond donors (Lipinski definition) is 0. The van der Waals surface area contributed by atoms with E-state index in [0.29, 0.717) is 25.1 Å². The quantitative estimate of drug-likeness (QED) is 0.788. The van der Waals surface area contributed by atoms with E-state index in [9.17, 15) is 9.18 Å². The summed E-state index contributed by atoms with van der Waals surface area (Å²) >= 11 is 5.93. The van der Waals surface area contributed by atoms with Crippen molar-refractivity contribution in [3.05, 3.63) is 52.1 Å². The molecule has 0 aliphatic heterocycles. The molecule has 0 saturated heterocycles. The highest BCUT2D eigenvalue weighted by Crippen LogP contribution is 2.24. The Hall–Kier alpha value is -1.88. The normalized spacial score (nSPS) is 12.2. The fourth-order valence-corrected chi connectivity index (χ4v) is 2.87. The van der Waals surface area contributed by atoms with Gasteiger partial charge in [0, 0.05) is 18.5 Å². The summed E-state index contributed by atoms with van der Waals surface area (Å²) in [5.41, 5.74) is 2.38. The molecule has 1 amide bonds. The van der Waals surface area contributed by atoms with Crippen molar-refractivity contribution in [2.45, 2.75) is 39.7 Å². The zero-order valence-electron chi connectivity index (χ0n) is 13.5. The minimum absolute atomic E-state index is 0.0148. The van der Waals surface area contributed by atoms with Crippen LogP contribution < -0.4 is 0 Å². The van der Waals surface area contributed by atoms with Crippen molar-refractivity contribution in [1.29, 1.82) is 0 Å². The number of aryl methyl sites for hydroxylation is 1. The summed E-state index contributed by atoms with van der Waals surface area (Å²) in [6.07, 6.45) is 0.806. The van der Waals surface area contributed by atoms with Gasteiger partial charge in [0.25, 0.3) is 0 Å². The van der Waals surface area contributed by atoms with Gasteiger partial charge < -0.3 is 9.42 Å². The van der Waals surface area contributed by atoms with Crippen molar-refractivity contribution in [2.75, 3.05) is 6.54 Å². The van der Waals surface area contributed by atoms with Crippen LogP contribution in [0.1, 0.15) is 43.1 Å². The zero-order chi connectivity index (χ0) is 17.0. The molecule has 1 heterocycles. The molecule has 23 heavy (non-hydrogen) atoms. The van der Waals surface area contributed by atoms with Gasteiger partial charge >= 0.3 is 0 Å². The second kappa shape index (κ2) is 7.59. The third-order valence-corrected chi connectivity index (χ3v) is 4.30. The lowest BCUT2D eigenvalue weighted by Crippen LogP contribution is -2.33. The molecule has 1 aromatic carbocycles. The molecule has 0 N–H and O–H groups in total. The maximum atomic E-state index is 13.0. The average Bonchev–Trinajstić information content (AvgIpc) is 2.85. The Morgan fingerprint density at radius 3 is 2.57 bits per heavy atom. The predicted molar refractivity (Wildman–Crippen MR) is 86.8 cm³/mol. The van der Waals surface area contributed by atoms with Crippen molar-refractivity contribution in [2.24, 2.45) is 0 Å². The second-order valence-electron chi connectivity index (χ2n) is 5.43. The van der Waals surface area contributed by atoms with Gasteiger partial charge in [0.15, 0.2) is 0 Å². The molecule has 2 aromatic rings. The molecule has 0 unspecified atom stereocenters. The van der Waals surface area contributed by atoms with Gasteiger partial charge in [-0.2, -0.15) is 0 Å². The summed E-state index contributed by atoms with van der Waals surface area (Å²) in [7, 11) is 0. The molecular weight excluding hydrogens is 319 g/mol. The van der Waals surface area contributed by atoms with Crippen LogP contribution in [0.3, 0.4) is 0 Å². The van der Waals surface area contributed by atoms with Gasteiger partial charge in [-0.1, -0.05) is 17.3 Å². The molecule has 0 radical (unpaired) electrons. The SMILES string of the molecule is CCN(C(=O)CCc1c(C)noc1Cl)[C@@H](C)c1ccc(F)cc1. The van der Waals surface area contributed by atoms with Crippen LogP contribution in [0, 0.1) is 12.7 Å². The Balaban J connectivity index is 2.04. The Morgan fingerprint density at radius 2 is 2.04 bits per heavy atom. The number of carbonyl (C=O) groups excluding carboxylic acids is 1. The molecule has 4 nitrogen and oxygen atoms in total. The lowest BCUT2D eigenvalue weighted by molar-refractivity contribution is -0.133. The van der Waals surface area contributed by atoms with Gasteiger partial charge in [0.1, 0.15) is 5.82 Å². The van der Waals surface area contributed by atoms with E-state index < -0.39 is 0 Å². The molecule has 0 bridgehead atoms. The molecule has 0 saturated carbocycles. The average molecular weight is 339 g/mol. The Bertz CT molecular complexity index is 650. The maximum Gasteiger partial charge on any atom is 0.229 e. The largest absolute Gasteiger partial charge is 0.344 e. The van der Waals surface area contributed by atoms with Crippen LogP contribution in [0.25, 0.3) is 0 Å². The van der Waals surface area contributed by atoms with E-state index >= 15 is 0 Å². The zero-order valence-corrected chi connectivity index (χ0v) is 14.2. The van der Waals surface area contributed by atoms with Crippen molar-refractivity contribution in [3.63, 3.8) is 0 Å². The highest BCUT2D eigenvalue weighted by atomic mass is 35.5. The van der Waals surface area contributed by atoms with Crippen LogP contribution in [-0.4, -0.2) is 22.5 Å². The molecule has 124 valence electrons. The van der Waals surface area contributed by atoms with Crippen LogP contribution in [0.15, 0.2) is 28.8 Å². The molecule has 6 heteroatoms. The van der Waals surface area contributed by atoms with Gasteiger partial charge in [-0.3, -0.25) is 4.79 Å². The van der Waals surface area contributed by atoms with Gasteiger partial charge in [0.05, 0.1) is 11.7 Å². The van der Waals surface area contributed by atoms with Crippen LogP contribution >= 0.6 is 11.6 Å². The third-order valence-electron chi connectivity index (χ3n) is 4.01. The van der Waals surface area contributed by atoms with Crippen LogP contribution in [0.5, 0.6) is 0 Å². The standard InChI is InChI=1S/C17H20ClFN2O2/c1-4-21(12(3)13-5-7-14(19)8-6-13)16(22)10-9-15-11(2)20-23-17(15)18/h5-8,12H,4,9-10H2,1-3H3/t12-/m0/s1. The first kappa shape index (κ1) is 17.5. The first-order valence-corrected chi connectivity index (χ1v) is 7.97. The predicted octanol–water partition coefficient (Wildman–Crippen LogP) is 4.32. The summed E-state index contributed by atoms with van der Waals surface area (Å²) in [5, 5.41) is 4.02. The van der Waals surface area contributed by atoms with Crippen LogP contribution in [0.2, 0.25) is 5.22 Å². The van der Waals surface area contributed by atoms with E-state index in [4.69, 9.17) is 16.1 Å². The number of amides is 1. The van der Waals surface area contributed by atoms with E-state index in [1.165, 1.54) is 12.1 Å². The molecule has 1 atom stereocenters. The van der Waals surface area contributed by atoms with Crippen molar-refractivity contribution in [1.82, 2.24) is 10.1 Å². The summed E-state index contributed by atoms with van der Waals surface area (Å²) in [5.74, 6) is -0.270. The van der Waals surface area contributed by atoms with E-state index in [1.54, 1.807) is 24.0 Å². The molecule has 2 rings (SSSR count). The molecule has 0 fully saturated rings. The summed E-state index contributed by atoms with van der Waals surface area (Å²) in [6, 6.07) is 6.11. The maximum absolute atomic E-state index is 13.0. The summed E-state index contributed by atoms with van der Waals surface area (Å²) in [4.78, 5) is 14.3. The van der Waals surface area contributed by atoms with E-state index in [1.807, 2.05) is 13.8 Å². The van der Waals surface area contributed by atoms with E-state index in [2.05, 4.69) is 5.16 Å². The number of halogens is 2. The number of nitrogens with zero attached hydrogens (tertiary/aromatic N) is 2. The summed E-state index contributed by atoms with van der Waals surface area (Å²) < 4.78 is 17.9. The lowest BCUT2D eigenvalue weighted by Gasteiger charge is -2.28. The number of benzene rings is 1. The van der Waals surface area contributed by atoms with Gasteiger partial charge in [-0.15, -0.1) is 0 Å². The number of aromatic nitrogens is 1. The Kier molecular flexibility index (Phi) is 5.77. The molecule has 0 aliphatic carbocycles. The van der Waals surface area contributed by atoms with Crippen LogP contribution in [-0.2, 0) is 11.2 Å². The monoisotopic (exact) mass is 338 g/mol. The van der Waals surface area contributed by atoms with Crippen molar-refractivity contribution < 1.29 is 13.7 Å². The fourth-order valence-electron chi connectivity index (χ4n) is 2.60. The molecule has 0 spiro atoms. The van der Waals surface area contributed by atoms with E-state index in [-0.39, 0.29) is 23.0 Å². The lowest BCUT2D eigenvalue weighted by atomic mass is 10.1. The minimum Gasteiger partial charge on any atom is -0.344 e. The van der Waals surface area contributed by atoms with Crippen LogP contribution in [0.4, 0.5) is 4.39 Å². The number of carbonyl (C=O) groups is 1. The van der Waals surface area contributed by atoms with Gasteiger partial charge in [-0.05, 0) is 56.5 Å². The Morgan fingerprint density at radius 1 is 1.39 bits per heavy atom. The molecule has 1 aromatic heterocycles. The van der Waals surface area contributed by atoms with Gasteiger partial charge in [-0.25, -0.2) is 4.39 Å². The topological polar surface area (TPSA) is 46.3 Å². The smallest absolute Gasteiger partial charge is 0.229 e. The fraction of sp³-hybridized carbons (Fsp3) is 0.412. The summed E-state index contributed by atoms with van der Waals surface area (Å²) in [6.45, 7) is 6.24. The highest BCUT2D eigenvalue weighted by Gasteiger charge is 2.21. The van der Waals surface area contributed by atoms with Gasteiger partial charge in [0.2, 0.25) is 11.1 Å². The first-order chi connectivity index (χ1) is 10.9. The third kappa shape index (κ3) is 4.10. The second-order valence-corrected chi connectivity index (χ2v) is 5.77. The first-order valence-electron chi connectivity index (χ1n) is 7.59. The number of hydrogen-bond acceptors (Lipinski definition) is 3. The Labute approximate surface area is 140 Å². The molecular formula is C17H20ClFN2O2.